The molecule has 2 nitrogen and oxygen atoms in total. The van der Waals surface area contributed by atoms with Crippen LogP contribution in [0.3, 0.4) is 0 Å². The van der Waals surface area contributed by atoms with E-state index in [9.17, 15) is 0 Å². The minimum atomic E-state index is 0.338. The Kier molecular flexibility index (Phi) is 5.51. The Morgan fingerprint density at radius 1 is 1.27 bits per heavy atom. The van der Waals surface area contributed by atoms with E-state index < -0.39 is 0 Å². The predicted octanol–water partition coefficient (Wildman–Crippen LogP) is 1.31. The maximum Gasteiger partial charge on any atom is 0.00226 e. The van der Waals surface area contributed by atoms with Crippen molar-refractivity contribution in [2.45, 2.75) is 33.2 Å². The molecule has 0 aliphatic rings. The lowest BCUT2D eigenvalue weighted by Crippen LogP contribution is -2.28. The monoisotopic (exact) mass is 158 g/mol. The van der Waals surface area contributed by atoms with Crippen molar-refractivity contribution in [2.75, 3.05) is 20.1 Å². The lowest BCUT2D eigenvalue weighted by Gasteiger charge is -2.19. The number of hydrogen-bond donors (Lipinski definition) is 1. The molecule has 2 N–H and O–H groups in total. The van der Waals surface area contributed by atoms with Crippen LogP contribution < -0.4 is 5.73 Å². The maximum absolute atomic E-state index is 5.64. The van der Waals surface area contributed by atoms with Crippen LogP contribution in [0.25, 0.3) is 0 Å². The average Bonchev–Trinajstić information content (AvgIpc) is 1.82. The molecule has 0 aliphatic carbocycles. The summed E-state index contributed by atoms with van der Waals surface area (Å²) in [6.45, 7) is 8.83. The first-order valence-electron chi connectivity index (χ1n) is 4.46. The fourth-order valence-corrected chi connectivity index (χ4v) is 1.14. The molecule has 1 unspecified atom stereocenters. The molecule has 2 heteroatoms. The Balaban J connectivity index is 3.29. The number of hydrogen-bond acceptors (Lipinski definition) is 2. The predicted molar refractivity (Wildman–Crippen MR) is 50.6 cm³/mol. The third-order valence-electron chi connectivity index (χ3n) is 1.64. The number of nitrogens with two attached hydrogens (primary N) is 1. The van der Waals surface area contributed by atoms with Crippen LogP contribution in [0.2, 0.25) is 0 Å². The molecule has 0 fully saturated rings. The van der Waals surface area contributed by atoms with Gasteiger partial charge >= 0.3 is 0 Å². The first-order valence-corrected chi connectivity index (χ1v) is 4.46. The lowest BCUT2D eigenvalue weighted by molar-refractivity contribution is 0.286. The summed E-state index contributed by atoms with van der Waals surface area (Å²) in [5, 5.41) is 0. The minimum absolute atomic E-state index is 0.338. The fourth-order valence-electron chi connectivity index (χ4n) is 1.14. The van der Waals surface area contributed by atoms with E-state index in [-0.39, 0.29) is 0 Å². The van der Waals surface area contributed by atoms with Crippen LogP contribution in [0.4, 0.5) is 0 Å². The molecule has 0 aliphatic heterocycles. The van der Waals surface area contributed by atoms with Gasteiger partial charge < -0.3 is 10.6 Å². The quantitative estimate of drug-likeness (QED) is 0.653. The second-order valence-corrected chi connectivity index (χ2v) is 3.92. The van der Waals surface area contributed by atoms with Crippen LogP contribution in [-0.2, 0) is 0 Å². The summed E-state index contributed by atoms with van der Waals surface area (Å²) in [5.74, 6) is 0.757. The van der Waals surface area contributed by atoms with Gasteiger partial charge in [0.05, 0.1) is 0 Å². The Labute approximate surface area is 70.8 Å². The molecule has 0 heterocycles. The van der Waals surface area contributed by atoms with E-state index in [1.54, 1.807) is 0 Å². The van der Waals surface area contributed by atoms with E-state index in [1.165, 1.54) is 6.54 Å². The Morgan fingerprint density at radius 2 is 1.82 bits per heavy atom. The zero-order chi connectivity index (χ0) is 8.85. The smallest absolute Gasteiger partial charge is 0.00226 e. The van der Waals surface area contributed by atoms with Gasteiger partial charge in [-0.1, -0.05) is 13.8 Å². The van der Waals surface area contributed by atoms with E-state index in [0.29, 0.717) is 6.04 Å². The Hall–Kier alpha value is -0.0800. The number of rotatable bonds is 5. The zero-order valence-corrected chi connectivity index (χ0v) is 8.30. The highest BCUT2D eigenvalue weighted by Gasteiger charge is 2.02. The van der Waals surface area contributed by atoms with Gasteiger partial charge in [-0.3, -0.25) is 0 Å². The summed E-state index contributed by atoms with van der Waals surface area (Å²) in [7, 11) is 2.16. The van der Waals surface area contributed by atoms with Gasteiger partial charge in [0, 0.05) is 12.6 Å². The maximum atomic E-state index is 5.64. The highest BCUT2D eigenvalue weighted by Crippen LogP contribution is 1.97. The molecule has 0 aromatic carbocycles. The van der Waals surface area contributed by atoms with Crippen molar-refractivity contribution < 1.29 is 0 Å². The molecule has 0 rings (SSSR count). The Bertz CT molecular complexity index is 89.6. The minimum Gasteiger partial charge on any atom is -0.328 e. The van der Waals surface area contributed by atoms with Crippen molar-refractivity contribution in [1.29, 1.82) is 0 Å². The van der Waals surface area contributed by atoms with E-state index in [4.69, 9.17) is 5.73 Å². The molecule has 0 radical (unpaired) electrons. The van der Waals surface area contributed by atoms with Crippen LogP contribution in [0.5, 0.6) is 0 Å². The van der Waals surface area contributed by atoms with Crippen LogP contribution in [0, 0.1) is 5.92 Å². The normalized spacial score (nSPS) is 14.5. The molecule has 0 spiro atoms. The van der Waals surface area contributed by atoms with Crippen molar-refractivity contribution in [1.82, 2.24) is 4.90 Å². The van der Waals surface area contributed by atoms with Gasteiger partial charge in [0.2, 0.25) is 0 Å². The molecule has 0 aromatic rings. The SMILES string of the molecule is CC(C)CN(C)CCC(C)N. The summed E-state index contributed by atoms with van der Waals surface area (Å²) in [6.07, 6.45) is 1.10. The van der Waals surface area contributed by atoms with Crippen molar-refractivity contribution in [2.24, 2.45) is 11.7 Å². The van der Waals surface area contributed by atoms with Crippen LogP contribution >= 0.6 is 0 Å². The summed E-state index contributed by atoms with van der Waals surface area (Å²) in [5.41, 5.74) is 5.64. The summed E-state index contributed by atoms with van der Waals surface area (Å²) in [6, 6.07) is 0.338. The lowest BCUT2D eigenvalue weighted by atomic mass is 10.2. The van der Waals surface area contributed by atoms with Gasteiger partial charge in [-0.2, -0.15) is 0 Å². The van der Waals surface area contributed by atoms with Gasteiger partial charge in [0.15, 0.2) is 0 Å². The topological polar surface area (TPSA) is 29.3 Å². The summed E-state index contributed by atoms with van der Waals surface area (Å²) >= 11 is 0. The Morgan fingerprint density at radius 3 is 2.18 bits per heavy atom. The zero-order valence-electron chi connectivity index (χ0n) is 8.30. The third-order valence-corrected chi connectivity index (χ3v) is 1.64. The summed E-state index contributed by atoms with van der Waals surface area (Å²) in [4.78, 5) is 2.34. The van der Waals surface area contributed by atoms with Gasteiger partial charge in [-0.05, 0) is 32.9 Å². The standard InChI is InChI=1S/C9H22N2/c1-8(2)7-11(4)6-5-9(3)10/h8-9H,5-7,10H2,1-4H3. The second kappa shape index (κ2) is 5.56. The van der Waals surface area contributed by atoms with Crippen molar-refractivity contribution in [3.05, 3.63) is 0 Å². The van der Waals surface area contributed by atoms with E-state index in [1.807, 2.05) is 0 Å². The highest BCUT2D eigenvalue weighted by atomic mass is 15.1. The van der Waals surface area contributed by atoms with Crippen molar-refractivity contribution >= 4 is 0 Å². The average molecular weight is 158 g/mol. The van der Waals surface area contributed by atoms with Crippen LogP contribution in [0.1, 0.15) is 27.2 Å². The molecule has 0 saturated heterocycles. The van der Waals surface area contributed by atoms with Gasteiger partial charge in [-0.15, -0.1) is 0 Å². The molecular weight excluding hydrogens is 136 g/mol. The first-order chi connectivity index (χ1) is 5.02. The first kappa shape index (κ1) is 10.9. The molecule has 0 aromatic heterocycles. The summed E-state index contributed by atoms with van der Waals surface area (Å²) < 4.78 is 0. The van der Waals surface area contributed by atoms with Gasteiger partial charge in [0.1, 0.15) is 0 Å². The van der Waals surface area contributed by atoms with E-state index in [2.05, 4.69) is 32.7 Å². The van der Waals surface area contributed by atoms with Gasteiger partial charge in [0.25, 0.3) is 0 Å². The molecule has 11 heavy (non-hydrogen) atoms. The molecule has 68 valence electrons. The number of nitrogens with zero attached hydrogens (tertiary/aromatic N) is 1. The van der Waals surface area contributed by atoms with E-state index in [0.717, 1.165) is 18.9 Å². The van der Waals surface area contributed by atoms with Crippen molar-refractivity contribution in [3.8, 4) is 0 Å². The molecule has 1 atom stereocenters. The second-order valence-electron chi connectivity index (χ2n) is 3.92. The molecule has 0 amide bonds. The van der Waals surface area contributed by atoms with E-state index >= 15 is 0 Å². The van der Waals surface area contributed by atoms with Crippen LogP contribution in [0.15, 0.2) is 0 Å². The molecule has 0 saturated carbocycles. The van der Waals surface area contributed by atoms with Crippen LogP contribution in [-0.4, -0.2) is 31.1 Å². The molecule has 0 bridgehead atoms. The largest absolute Gasteiger partial charge is 0.328 e. The molecular formula is C9H22N2. The highest BCUT2D eigenvalue weighted by molar-refractivity contribution is 4.59. The van der Waals surface area contributed by atoms with Crippen molar-refractivity contribution in [3.63, 3.8) is 0 Å². The third kappa shape index (κ3) is 7.82. The fraction of sp³-hybridized carbons (Fsp3) is 1.00. The van der Waals surface area contributed by atoms with Gasteiger partial charge in [-0.25, -0.2) is 0 Å².